The van der Waals surface area contributed by atoms with Crippen molar-refractivity contribution >= 4 is 6.03 Å². The van der Waals surface area contributed by atoms with Crippen LogP contribution in [0.5, 0.6) is 17.2 Å². The van der Waals surface area contributed by atoms with Crippen LogP contribution in [0.2, 0.25) is 0 Å². The molecule has 1 N–H and O–H groups in total. The molecule has 6 nitrogen and oxygen atoms in total. The number of hydrogen-bond acceptors (Lipinski definition) is 4. The smallest absolute Gasteiger partial charge is 0.317 e. The van der Waals surface area contributed by atoms with Crippen molar-refractivity contribution in [2.45, 2.75) is 6.42 Å². The number of benzene rings is 2. The van der Waals surface area contributed by atoms with Crippen molar-refractivity contribution in [2.24, 2.45) is 0 Å². The molecule has 0 aliphatic heterocycles. The number of nitrogens with one attached hydrogen (secondary N) is 1. The quantitative estimate of drug-likeness (QED) is 0.749. The minimum atomic E-state index is -0.119. The van der Waals surface area contributed by atoms with E-state index in [-0.39, 0.29) is 6.03 Å². The molecule has 0 spiro atoms. The van der Waals surface area contributed by atoms with Gasteiger partial charge < -0.3 is 24.4 Å². The molecule has 0 aliphatic carbocycles. The Morgan fingerprint density at radius 3 is 2.38 bits per heavy atom. The van der Waals surface area contributed by atoms with E-state index in [1.54, 1.807) is 26.2 Å². The molecule has 0 saturated heterocycles. The summed E-state index contributed by atoms with van der Waals surface area (Å²) in [6, 6.07) is 15.1. The van der Waals surface area contributed by atoms with Gasteiger partial charge in [0.25, 0.3) is 0 Å². The number of nitrogens with zero attached hydrogens (tertiary/aromatic N) is 1. The average Bonchev–Trinajstić information content (AvgIpc) is 2.68. The van der Waals surface area contributed by atoms with E-state index >= 15 is 0 Å². The SMILES string of the molecule is COc1ccc(OCCN(C)C(=O)NCCc2cccc(OC)c2)cc1. The number of likely N-dealkylation sites (N-methyl/N-ethyl adjacent to an activating group) is 1. The second-order valence-electron chi connectivity index (χ2n) is 5.78. The summed E-state index contributed by atoms with van der Waals surface area (Å²) in [6.45, 7) is 1.48. The van der Waals surface area contributed by atoms with E-state index < -0.39 is 0 Å². The van der Waals surface area contributed by atoms with E-state index in [4.69, 9.17) is 14.2 Å². The first-order valence-electron chi connectivity index (χ1n) is 8.51. The number of methoxy groups -OCH3 is 2. The summed E-state index contributed by atoms with van der Waals surface area (Å²) in [5.74, 6) is 2.35. The predicted octanol–water partition coefficient (Wildman–Crippen LogP) is 2.97. The third kappa shape index (κ3) is 6.20. The van der Waals surface area contributed by atoms with Gasteiger partial charge in [0.15, 0.2) is 0 Å². The Labute approximate surface area is 154 Å². The van der Waals surface area contributed by atoms with Crippen LogP contribution in [0, 0.1) is 0 Å². The number of urea groups is 1. The fourth-order valence-corrected chi connectivity index (χ4v) is 2.35. The molecule has 0 bridgehead atoms. The molecule has 2 aromatic carbocycles. The largest absolute Gasteiger partial charge is 0.497 e. The standard InChI is InChI=1S/C20H26N2O4/c1-22(13-14-26-18-9-7-17(24-2)8-10-18)20(23)21-12-11-16-5-4-6-19(15-16)25-3/h4-10,15H,11-14H2,1-3H3,(H,21,23). The molecule has 0 unspecified atom stereocenters. The summed E-state index contributed by atoms with van der Waals surface area (Å²) in [4.78, 5) is 13.7. The lowest BCUT2D eigenvalue weighted by Gasteiger charge is -2.18. The summed E-state index contributed by atoms with van der Waals surface area (Å²) in [7, 11) is 5.01. The Balaban J connectivity index is 1.66. The van der Waals surface area contributed by atoms with E-state index in [1.165, 1.54) is 0 Å². The molecule has 0 aliphatic rings. The number of hydrogen-bond donors (Lipinski definition) is 1. The molecule has 0 atom stereocenters. The Morgan fingerprint density at radius 1 is 1.00 bits per heavy atom. The van der Waals surface area contributed by atoms with Gasteiger partial charge in [-0.25, -0.2) is 4.79 Å². The zero-order valence-electron chi connectivity index (χ0n) is 15.5. The lowest BCUT2D eigenvalue weighted by atomic mass is 10.1. The Morgan fingerprint density at radius 2 is 1.69 bits per heavy atom. The normalized spacial score (nSPS) is 10.1. The van der Waals surface area contributed by atoms with Gasteiger partial charge in [0, 0.05) is 13.6 Å². The third-order valence-electron chi connectivity index (χ3n) is 3.93. The van der Waals surface area contributed by atoms with Crippen LogP contribution >= 0.6 is 0 Å². The lowest BCUT2D eigenvalue weighted by molar-refractivity contribution is 0.195. The first-order chi connectivity index (χ1) is 12.6. The molecule has 0 aromatic heterocycles. The van der Waals surface area contributed by atoms with Crippen LogP contribution in [-0.4, -0.2) is 51.9 Å². The van der Waals surface area contributed by atoms with Gasteiger partial charge in [-0.15, -0.1) is 0 Å². The number of rotatable bonds is 9. The summed E-state index contributed by atoms with van der Waals surface area (Å²) in [5, 5.41) is 2.91. The Hall–Kier alpha value is -2.89. The highest BCUT2D eigenvalue weighted by molar-refractivity contribution is 5.73. The molecule has 0 saturated carbocycles. The van der Waals surface area contributed by atoms with Crippen molar-refractivity contribution in [1.29, 1.82) is 0 Å². The van der Waals surface area contributed by atoms with Gasteiger partial charge in [-0.1, -0.05) is 12.1 Å². The Kier molecular flexibility index (Phi) is 7.61. The zero-order valence-corrected chi connectivity index (χ0v) is 15.5. The number of amides is 2. The fourth-order valence-electron chi connectivity index (χ4n) is 2.35. The molecule has 0 radical (unpaired) electrons. The molecule has 0 heterocycles. The number of carbonyl (C=O) groups excluding carboxylic acids is 1. The monoisotopic (exact) mass is 358 g/mol. The molecule has 2 amide bonds. The first kappa shape index (κ1) is 19.4. The van der Waals surface area contributed by atoms with Crippen LogP contribution in [0.3, 0.4) is 0 Å². The first-order valence-corrected chi connectivity index (χ1v) is 8.51. The van der Waals surface area contributed by atoms with Crippen molar-refractivity contribution in [2.75, 3.05) is 41.0 Å². The van der Waals surface area contributed by atoms with E-state index in [2.05, 4.69) is 5.32 Å². The van der Waals surface area contributed by atoms with Crippen LogP contribution in [0.4, 0.5) is 4.79 Å². The van der Waals surface area contributed by atoms with Gasteiger partial charge >= 0.3 is 6.03 Å². The van der Waals surface area contributed by atoms with Crippen molar-refractivity contribution in [1.82, 2.24) is 10.2 Å². The zero-order chi connectivity index (χ0) is 18.8. The maximum absolute atomic E-state index is 12.1. The lowest BCUT2D eigenvalue weighted by Crippen LogP contribution is -2.40. The fraction of sp³-hybridized carbons (Fsp3) is 0.350. The molecular weight excluding hydrogens is 332 g/mol. The molecule has 2 aromatic rings. The molecule has 26 heavy (non-hydrogen) atoms. The summed E-state index contributed by atoms with van der Waals surface area (Å²) >= 11 is 0. The van der Waals surface area contributed by atoms with Crippen LogP contribution in [0.1, 0.15) is 5.56 Å². The van der Waals surface area contributed by atoms with Gasteiger partial charge in [0.1, 0.15) is 23.9 Å². The summed E-state index contributed by atoms with van der Waals surface area (Å²) in [5.41, 5.74) is 1.12. The van der Waals surface area contributed by atoms with Gasteiger partial charge in [-0.05, 0) is 48.4 Å². The molecule has 0 fully saturated rings. The van der Waals surface area contributed by atoms with E-state index in [9.17, 15) is 4.79 Å². The average molecular weight is 358 g/mol. The third-order valence-corrected chi connectivity index (χ3v) is 3.93. The number of ether oxygens (including phenoxy) is 3. The second-order valence-corrected chi connectivity index (χ2v) is 5.78. The van der Waals surface area contributed by atoms with Gasteiger partial charge in [-0.2, -0.15) is 0 Å². The summed E-state index contributed by atoms with van der Waals surface area (Å²) < 4.78 is 15.9. The highest BCUT2D eigenvalue weighted by Gasteiger charge is 2.08. The van der Waals surface area contributed by atoms with Crippen molar-refractivity contribution in [3.63, 3.8) is 0 Å². The van der Waals surface area contributed by atoms with Crippen LogP contribution in [0.15, 0.2) is 48.5 Å². The van der Waals surface area contributed by atoms with Crippen molar-refractivity contribution in [3.8, 4) is 17.2 Å². The highest BCUT2D eigenvalue weighted by Crippen LogP contribution is 2.16. The number of carbonyl (C=O) groups is 1. The second kappa shape index (κ2) is 10.2. The summed E-state index contributed by atoms with van der Waals surface area (Å²) in [6.07, 6.45) is 0.749. The van der Waals surface area contributed by atoms with Gasteiger partial charge in [0.2, 0.25) is 0 Å². The molecule has 2 rings (SSSR count). The van der Waals surface area contributed by atoms with Gasteiger partial charge in [0.05, 0.1) is 20.8 Å². The van der Waals surface area contributed by atoms with Crippen molar-refractivity contribution < 1.29 is 19.0 Å². The van der Waals surface area contributed by atoms with E-state index in [0.717, 1.165) is 29.2 Å². The highest BCUT2D eigenvalue weighted by atomic mass is 16.5. The van der Waals surface area contributed by atoms with E-state index in [0.29, 0.717) is 19.7 Å². The predicted molar refractivity (Wildman–Crippen MR) is 101 cm³/mol. The van der Waals surface area contributed by atoms with Gasteiger partial charge in [-0.3, -0.25) is 0 Å². The minimum Gasteiger partial charge on any atom is -0.497 e. The van der Waals surface area contributed by atoms with E-state index in [1.807, 2.05) is 48.5 Å². The Bertz CT molecular complexity index is 688. The molecule has 6 heteroatoms. The topological polar surface area (TPSA) is 60.0 Å². The molecular formula is C20H26N2O4. The molecule has 140 valence electrons. The van der Waals surface area contributed by atoms with Crippen molar-refractivity contribution in [3.05, 3.63) is 54.1 Å². The van der Waals surface area contributed by atoms with Crippen LogP contribution in [-0.2, 0) is 6.42 Å². The van der Waals surface area contributed by atoms with Crippen LogP contribution in [0.25, 0.3) is 0 Å². The maximum Gasteiger partial charge on any atom is 0.317 e. The minimum absolute atomic E-state index is 0.119. The maximum atomic E-state index is 12.1. The van der Waals surface area contributed by atoms with Crippen LogP contribution < -0.4 is 19.5 Å².